The van der Waals surface area contributed by atoms with Crippen LogP contribution >= 0.6 is 0 Å². The van der Waals surface area contributed by atoms with Gasteiger partial charge in [0.1, 0.15) is 0 Å². The van der Waals surface area contributed by atoms with E-state index in [4.69, 9.17) is 5.11 Å². The average molecular weight is 297 g/mol. The summed E-state index contributed by atoms with van der Waals surface area (Å²) >= 11 is 0. The zero-order valence-corrected chi connectivity index (χ0v) is 12.2. The first-order valence-corrected chi connectivity index (χ1v) is 8.20. The standard InChI is InChI=1S/C14H19NO4S/c1-11(14(16)17)20(18,19)15-9-5-8-13(15)10-12-6-3-2-4-7-12/h2-4,6-7,11,13H,5,8-10H2,1H3,(H,16,17). The Hall–Kier alpha value is -1.40. The Morgan fingerprint density at radius 2 is 2.05 bits per heavy atom. The van der Waals surface area contributed by atoms with E-state index in [0.717, 1.165) is 18.4 Å². The smallest absolute Gasteiger partial charge is 0.323 e. The van der Waals surface area contributed by atoms with Crippen molar-refractivity contribution in [3.8, 4) is 0 Å². The fourth-order valence-electron chi connectivity index (χ4n) is 2.56. The molecule has 0 amide bonds. The lowest BCUT2D eigenvalue weighted by Crippen LogP contribution is -2.44. The maximum absolute atomic E-state index is 12.3. The molecule has 1 aromatic carbocycles. The molecule has 20 heavy (non-hydrogen) atoms. The van der Waals surface area contributed by atoms with Crippen LogP contribution in [0.15, 0.2) is 30.3 Å². The van der Waals surface area contributed by atoms with Gasteiger partial charge in [-0.05, 0) is 31.7 Å². The summed E-state index contributed by atoms with van der Waals surface area (Å²) in [6.45, 7) is 1.65. The third kappa shape index (κ3) is 3.02. The van der Waals surface area contributed by atoms with Gasteiger partial charge in [0.25, 0.3) is 0 Å². The van der Waals surface area contributed by atoms with Crippen LogP contribution in [0.1, 0.15) is 25.3 Å². The second-order valence-corrected chi connectivity index (χ2v) is 7.33. The van der Waals surface area contributed by atoms with E-state index < -0.39 is 21.2 Å². The number of sulfonamides is 1. The molecule has 1 saturated heterocycles. The van der Waals surface area contributed by atoms with Crippen molar-refractivity contribution in [2.75, 3.05) is 6.54 Å². The van der Waals surface area contributed by atoms with Crippen molar-refractivity contribution in [3.05, 3.63) is 35.9 Å². The molecule has 5 nitrogen and oxygen atoms in total. The Morgan fingerprint density at radius 3 is 2.65 bits per heavy atom. The number of carboxylic acids is 1. The Kier molecular flexibility index (Phi) is 4.45. The van der Waals surface area contributed by atoms with Gasteiger partial charge in [-0.25, -0.2) is 8.42 Å². The van der Waals surface area contributed by atoms with Crippen molar-refractivity contribution in [1.82, 2.24) is 4.31 Å². The number of hydrogen-bond acceptors (Lipinski definition) is 3. The normalized spacial score (nSPS) is 21.8. The molecule has 0 aromatic heterocycles. The number of hydrogen-bond donors (Lipinski definition) is 1. The van der Waals surface area contributed by atoms with Crippen LogP contribution < -0.4 is 0 Å². The first-order valence-electron chi connectivity index (χ1n) is 6.70. The average Bonchev–Trinajstić information content (AvgIpc) is 2.87. The van der Waals surface area contributed by atoms with Crippen molar-refractivity contribution in [2.45, 2.75) is 37.5 Å². The Balaban J connectivity index is 2.17. The molecule has 1 fully saturated rings. The molecular formula is C14H19NO4S. The van der Waals surface area contributed by atoms with Crippen molar-refractivity contribution in [1.29, 1.82) is 0 Å². The van der Waals surface area contributed by atoms with Gasteiger partial charge in [-0.1, -0.05) is 30.3 Å². The maximum Gasteiger partial charge on any atom is 0.323 e. The molecule has 0 spiro atoms. The van der Waals surface area contributed by atoms with Gasteiger partial charge in [-0.3, -0.25) is 4.79 Å². The van der Waals surface area contributed by atoms with Gasteiger partial charge in [-0.15, -0.1) is 0 Å². The highest BCUT2D eigenvalue weighted by molar-refractivity contribution is 7.90. The van der Waals surface area contributed by atoms with Crippen molar-refractivity contribution in [3.63, 3.8) is 0 Å². The summed E-state index contributed by atoms with van der Waals surface area (Å²) in [6.07, 6.45) is 2.19. The van der Waals surface area contributed by atoms with Crippen LogP contribution in [0, 0.1) is 0 Å². The second kappa shape index (κ2) is 5.93. The van der Waals surface area contributed by atoms with Crippen LogP contribution in [0.3, 0.4) is 0 Å². The molecule has 0 saturated carbocycles. The molecule has 0 radical (unpaired) electrons. The van der Waals surface area contributed by atoms with Crippen LogP contribution in [0.5, 0.6) is 0 Å². The first kappa shape index (κ1) is 15.0. The molecule has 0 aliphatic carbocycles. The number of rotatable bonds is 5. The van der Waals surface area contributed by atoms with Gasteiger partial charge >= 0.3 is 5.97 Å². The number of carboxylic acid groups (broad SMARTS) is 1. The lowest BCUT2D eigenvalue weighted by atomic mass is 10.1. The Bertz CT molecular complexity index is 570. The van der Waals surface area contributed by atoms with Gasteiger partial charge in [0.15, 0.2) is 5.25 Å². The van der Waals surface area contributed by atoms with Crippen molar-refractivity contribution >= 4 is 16.0 Å². The van der Waals surface area contributed by atoms with Gasteiger partial charge in [-0.2, -0.15) is 4.31 Å². The van der Waals surface area contributed by atoms with Crippen LogP contribution in [0.4, 0.5) is 0 Å². The minimum absolute atomic E-state index is 0.135. The van der Waals surface area contributed by atoms with E-state index in [1.165, 1.54) is 11.2 Å². The molecule has 6 heteroatoms. The van der Waals surface area contributed by atoms with Gasteiger partial charge in [0.05, 0.1) is 0 Å². The lowest BCUT2D eigenvalue weighted by Gasteiger charge is -2.26. The van der Waals surface area contributed by atoms with Crippen molar-refractivity contribution in [2.24, 2.45) is 0 Å². The number of nitrogens with zero attached hydrogens (tertiary/aromatic N) is 1. The van der Waals surface area contributed by atoms with Crippen molar-refractivity contribution < 1.29 is 18.3 Å². The summed E-state index contributed by atoms with van der Waals surface area (Å²) in [5.74, 6) is -1.30. The molecule has 2 unspecified atom stereocenters. The summed E-state index contributed by atoms with van der Waals surface area (Å²) in [7, 11) is -3.77. The van der Waals surface area contributed by atoms with E-state index in [1.54, 1.807) is 0 Å². The highest BCUT2D eigenvalue weighted by atomic mass is 32.2. The fourth-order valence-corrected chi connectivity index (χ4v) is 4.20. The molecule has 1 aliphatic heterocycles. The van der Waals surface area contributed by atoms with E-state index >= 15 is 0 Å². The summed E-state index contributed by atoms with van der Waals surface area (Å²) in [6, 6.07) is 9.54. The highest BCUT2D eigenvalue weighted by Gasteiger charge is 2.40. The minimum atomic E-state index is -3.77. The summed E-state index contributed by atoms with van der Waals surface area (Å²) in [4.78, 5) is 11.0. The molecular weight excluding hydrogens is 278 g/mol. The SMILES string of the molecule is CC(C(=O)O)S(=O)(=O)N1CCCC1Cc1ccccc1. The molecule has 1 aliphatic rings. The minimum Gasteiger partial charge on any atom is -0.480 e. The third-order valence-corrected chi connectivity index (χ3v) is 5.99. The predicted octanol–water partition coefficient (Wildman–Crippen LogP) is 1.50. The molecule has 2 rings (SSSR count). The predicted molar refractivity (Wildman–Crippen MR) is 75.9 cm³/mol. The van der Waals surface area contributed by atoms with Crippen LogP contribution in [-0.4, -0.2) is 41.6 Å². The van der Waals surface area contributed by atoms with E-state index in [2.05, 4.69) is 0 Å². The monoisotopic (exact) mass is 297 g/mol. The molecule has 0 bridgehead atoms. The lowest BCUT2D eigenvalue weighted by molar-refractivity contribution is -0.136. The third-order valence-electron chi connectivity index (χ3n) is 3.76. The first-order chi connectivity index (χ1) is 9.43. The number of carbonyl (C=O) groups is 1. The van der Waals surface area contributed by atoms with Crippen LogP contribution in [0.2, 0.25) is 0 Å². The molecule has 2 atom stereocenters. The van der Waals surface area contributed by atoms with Crippen LogP contribution in [0.25, 0.3) is 0 Å². The van der Waals surface area contributed by atoms with Gasteiger partial charge < -0.3 is 5.11 Å². The second-order valence-electron chi connectivity index (χ2n) is 5.12. The summed E-state index contributed by atoms with van der Waals surface area (Å²) in [5.41, 5.74) is 1.07. The number of aliphatic carboxylic acids is 1. The van der Waals surface area contributed by atoms with E-state index in [1.807, 2.05) is 30.3 Å². The molecule has 1 aromatic rings. The topological polar surface area (TPSA) is 74.7 Å². The largest absolute Gasteiger partial charge is 0.480 e. The quantitative estimate of drug-likeness (QED) is 0.893. The molecule has 1 heterocycles. The zero-order chi connectivity index (χ0) is 14.8. The molecule has 1 N–H and O–H groups in total. The highest BCUT2D eigenvalue weighted by Crippen LogP contribution is 2.26. The van der Waals surface area contributed by atoms with Crippen LogP contribution in [-0.2, 0) is 21.2 Å². The van der Waals surface area contributed by atoms with E-state index in [0.29, 0.717) is 13.0 Å². The summed E-state index contributed by atoms with van der Waals surface area (Å²) in [5, 5.41) is 7.56. The van der Waals surface area contributed by atoms with Gasteiger partial charge in [0.2, 0.25) is 10.0 Å². The maximum atomic E-state index is 12.3. The Morgan fingerprint density at radius 1 is 1.40 bits per heavy atom. The van der Waals surface area contributed by atoms with E-state index in [-0.39, 0.29) is 6.04 Å². The fraction of sp³-hybridized carbons (Fsp3) is 0.500. The number of benzene rings is 1. The molecule has 110 valence electrons. The van der Waals surface area contributed by atoms with Gasteiger partial charge in [0, 0.05) is 12.6 Å². The van der Waals surface area contributed by atoms with E-state index in [9.17, 15) is 13.2 Å². The Labute approximate surface area is 119 Å². The zero-order valence-electron chi connectivity index (χ0n) is 11.4. The summed E-state index contributed by atoms with van der Waals surface area (Å²) < 4.78 is 26.0.